The molecule has 3 heteroatoms. The average molecular weight is 362 g/mol. The second kappa shape index (κ2) is 7.40. The fourth-order valence-corrected chi connectivity index (χ4v) is 4.70. The molecule has 142 valence electrons. The van der Waals surface area contributed by atoms with Gasteiger partial charge in [-0.25, -0.2) is 0 Å². The van der Waals surface area contributed by atoms with Crippen LogP contribution < -0.4 is 11.5 Å². The van der Waals surface area contributed by atoms with Crippen LogP contribution in [0.3, 0.4) is 0 Å². The van der Waals surface area contributed by atoms with Crippen molar-refractivity contribution in [1.82, 2.24) is 4.90 Å². The molecule has 1 aliphatic heterocycles. The Morgan fingerprint density at radius 1 is 0.815 bits per heavy atom. The highest BCUT2D eigenvalue weighted by molar-refractivity contribution is 5.87. The summed E-state index contributed by atoms with van der Waals surface area (Å²) in [5.74, 6) is 0.726. The van der Waals surface area contributed by atoms with Crippen molar-refractivity contribution in [2.24, 2.45) is 5.92 Å². The number of hydrogen-bond donors (Lipinski definition) is 2. The highest BCUT2D eigenvalue weighted by atomic mass is 15.1. The van der Waals surface area contributed by atoms with E-state index in [0.717, 1.165) is 56.1 Å². The Labute approximate surface area is 163 Å². The molecule has 0 bridgehead atoms. The number of aryl methyl sites for hydroxylation is 2. The Hall–Kier alpha value is -2.26. The third kappa shape index (κ3) is 3.74. The van der Waals surface area contributed by atoms with Gasteiger partial charge in [-0.2, -0.15) is 0 Å². The summed E-state index contributed by atoms with van der Waals surface area (Å²) in [4.78, 5) is 2.61. The summed E-state index contributed by atoms with van der Waals surface area (Å²) in [5.41, 5.74) is 22.5. The second-order valence-electron chi connectivity index (χ2n) is 8.51. The fourth-order valence-electron chi connectivity index (χ4n) is 4.70. The van der Waals surface area contributed by atoms with Gasteiger partial charge in [0, 0.05) is 31.0 Å². The van der Waals surface area contributed by atoms with Crippen LogP contribution >= 0.6 is 0 Å². The number of anilines is 2. The smallest absolute Gasteiger partial charge is 0.0317 e. The highest BCUT2D eigenvalue weighted by Crippen LogP contribution is 2.39. The van der Waals surface area contributed by atoms with E-state index in [2.05, 4.69) is 55.1 Å². The minimum Gasteiger partial charge on any atom is -0.399 e. The summed E-state index contributed by atoms with van der Waals surface area (Å²) < 4.78 is 0. The van der Waals surface area contributed by atoms with E-state index in [9.17, 15) is 0 Å². The predicted octanol–water partition coefficient (Wildman–Crippen LogP) is 4.50. The molecule has 2 aromatic carbocycles. The molecular formula is C24H31N3. The number of piperidine rings is 1. The van der Waals surface area contributed by atoms with Gasteiger partial charge in [-0.05, 0) is 83.7 Å². The van der Waals surface area contributed by atoms with Gasteiger partial charge in [-0.15, -0.1) is 0 Å². The molecule has 0 radical (unpaired) electrons. The Bertz CT molecular complexity index is 814. The third-order valence-corrected chi connectivity index (χ3v) is 5.90. The predicted molar refractivity (Wildman–Crippen MR) is 116 cm³/mol. The third-order valence-electron chi connectivity index (χ3n) is 5.90. The quantitative estimate of drug-likeness (QED) is 0.774. The van der Waals surface area contributed by atoms with Crippen LogP contribution in [0.2, 0.25) is 0 Å². The van der Waals surface area contributed by atoms with Crippen molar-refractivity contribution in [3.8, 4) is 0 Å². The number of hydrogen-bond acceptors (Lipinski definition) is 3. The van der Waals surface area contributed by atoms with Crippen LogP contribution in [0.15, 0.2) is 42.0 Å². The van der Waals surface area contributed by atoms with Crippen LogP contribution in [-0.2, 0) is 12.8 Å². The van der Waals surface area contributed by atoms with Crippen LogP contribution in [0.1, 0.15) is 48.9 Å². The van der Waals surface area contributed by atoms with Gasteiger partial charge in [-0.3, -0.25) is 0 Å². The second-order valence-corrected chi connectivity index (χ2v) is 8.51. The van der Waals surface area contributed by atoms with Gasteiger partial charge in [0.25, 0.3) is 0 Å². The van der Waals surface area contributed by atoms with Gasteiger partial charge in [0.05, 0.1) is 0 Å². The summed E-state index contributed by atoms with van der Waals surface area (Å²) >= 11 is 0. The van der Waals surface area contributed by atoms with E-state index < -0.39 is 0 Å². The van der Waals surface area contributed by atoms with E-state index in [-0.39, 0.29) is 0 Å². The maximum absolute atomic E-state index is 6.11. The lowest BCUT2D eigenvalue weighted by molar-refractivity contribution is 0.230. The molecule has 1 fully saturated rings. The number of nitrogens with two attached hydrogens (primary N) is 2. The van der Waals surface area contributed by atoms with Crippen LogP contribution in [0.5, 0.6) is 0 Å². The molecule has 4 rings (SSSR count). The molecule has 2 aliphatic rings. The summed E-state index contributed by atoms with van der Waals surface area (Å²) in [5, 5.41) is 0. The molecule has 2 aromatic rings. The van der Waals surface area contributed by atoms with Gasteiger partial charge >= 0.3 is 0 Å². The minimum atomic E-state index is 0.726. The Morgan fingerprint density at radius 2 is 1.33 bits per heavy atom. The van der Waals surface area contributed by atoms with Crippen molar-refractivity contribution in [2.75, 3.05) is 31.1 Å². The van der Waals surface area contributed by atoms with Crippen molar-refractivity contribution >= 4 is 16.9 Å². The summed E-state index contributed by atoms with van der Waals surface area (Å²) in [6.07, 6.45) is 4.34. The lowest BCUT2D eigenvalue weighted by atomic mass is 9.86. The molecule has 27 heavy (non-hydrogen) atoms. The van der Waals surface area contributed by atoms with Gasteiger partial charge in [-0.1, -0.05) is 31.6 Å². The van der Waals surface area contributed by atoms with E-state index in [1.807, 2.05) is 0 Å². The van der Waals surface area contributed by atoms with E-state index in [1.54, 1.807) is 5.57 Å². The largest absolute Gasteiger partial charge is 0.399 e. The van der Waals surface area contributed by atoms with Gasteiger partial charge in [0.1, 0.15) is 0 Å². The zero-order valence-corrected chi connectivity index (χ0v) is 16.6. The maximum Gasteiger partial charge on any atom is 0.0317 e. The van der Waals surface area contributed by atoms with E-state index in [4.69, 9.17) is 11.5 Å². The Balaban J connectivity index is 1.79. The Morgan fingerprint density at radius 3 is 1.81 bits per heavy atom. The number of benzene rings is 2. The van der Waals surface area contributed by atoms with Crippen molar-refractivity contribution < 1.29 is 0 Å². The first-order valence-electron chi connectivity index (χ1n) is 10.2. The number of likely N-dealkylation sites (tertiary alicyclic amines) is 1. The van der Waals surface area contributed by atoms with Crippen molar-refractivity contribution in [3.63, 3.8) is 0 Å². The summed E-state index contributed by atoms with van der Waals surface area (Å²) in [6, 6.07) is 12.9. The normalized spacial score (nSPS) is 17.6. The molecule has 1 saturated heterocycles. The topological polar surface area (TPSA) is 55.3 Å². The summed E-state index contributed by atoms with van der Waals surface area (Å²) in [7, 11) is 0. The zero-order chi connectivity index (χ0) is 19.0. The molecule has 0 spiro atoms. The molecule has 0 atom stereocenters. The van der Waals surface area contributed by atoms with Crippen molar-refractivity contribution in [2.45, 2.75) is 39.5 Å². The number of rotatable bonds is 2. The molecule has 0 saturated carbocycles. The standard InChI is InChI=1S/C24H31N3/c1-16(2)15-27-11-9-17(10-12-27)24-22-7-5-20(25)13-18(22)3-4-19-14-21(26)6-8-23(19)24/h5-8,13-14,16H,3-4,9-12,15,25-26H2,1-2H3. The van der Waals surface area contributed by atoms with Crippen LogP contribution in [0.4, 0.5) is 11.4 Å². The first-order chi connectivity index (χ1) is 13.0. The lowest BCUT2D eigenvalue weighted by Crippen LogP contribution is -2.34. The maximum atomic E-state index is 6.11. The van der Waals surface area contributed by atoms with E-state index in [0.29, 0.717) is 0 Å². The molecular weight excluding hydrogens is 330 g/mol. The first kappa shape index (κ1) is 18.1. The summed E-state index contributed by atoms with van der Waals surface area (Å²) in [6.45, 7) is 8.13. The molecule has 3 nitrogen and oxygen atoms in total. The Kier molecular flexibility index (Phi) is 4.96. The van der Waals surface area contributed by atoms with Crippen LogP contribution in [0.25, 0.3) is 5.57 Å². The van der Waals surface area contributed by atoms with Crippen molar-refractivity contribution in [1.29, 1.82) is 0 Å². The van der Waals surface area contributed by atoms with Crippen molar-refractivity contribution in [3.05, 3.63) is 64.2 Å². The van der Waals surface area contributed by atoms with Crippen LogP contribution in [-0.4, -0.2) is 24.5 Å². The van der Waals surface area contributed by atoms with Crippen LogP contribution in [0, 0.1) is 5.92 Å². The van der Waals surface area contributed by atoms with E-state index >= 15 is 0 Å². The molecule has 1 heterocycles. The molecule has 0 aromatic heterocycles. The van der Waals surface area contributed by atoms with Gasteiger partial charge in [0.2, 0.25) is 0 Å². The lowest BCUT2D eigenvalue weighted by Gasteiger charge is -2.31. The average Bonchev–Trinajstić information content (AvgIpc) is 2.78. The molecule has 0 unspecified atom stereocenters. The molecule has 1 aliphatic carbocycles. The fraction of sp³-hybridized carbons (Fsp3) is 0.417. The zero-order valence-electron chi connectivity index (χ0n) is 16.6. The number of nitrogens with zero attached hydrogens (tertiary/aromatic N) is 1. The number of fused-ring (bicyclic) bond motifs is 2. The minimum absolute atomic E-state index is 0.726. The SMILES string of the molecule is CC(C)CN1CCC(=C2c3ccc(N)cc3CCc3cc(N)ccc32)CC1. The van der Waals surface area contributed by atoms with Gasteiger partial charge < -0.3 is 16.4 Å². The monoisotopic (exact) mass is 361 g/mol. The number of nitrogen functional groups attached to an aromatic ring is 2. The highest BCUT2D eigenvalue weighted by Gasteiger charge is 2.24. The molecule has 4 N–H and O–H groups in total. The van der Waals surface area contributed by atoms with Gasteiger partial charge in [0.15, 0.2) is 0 Å². The molecule has 0 amide bonds. The van der Waals surface area contributed by atoms with E-state index in [1.165, 1.54) is 34.4 Å². The first-order valence-corrected chi connectivity index (χ1v) is 10.2.